The van der Waals surface area contributed by atoms with E-state index in [1.54, 1.807) is 18.5 Å². The highest BCUT2D eigenvalue weighted by Crippen LogP contribution is 2.31. The van der Waals surface area contributed by atoms with Crippen molar-refractivity contribution in [2.75, 3.05) is 5.73 Å². The third kappa shape index (κ3) is 2.82. The van der Waals surface area contributed by atoms with Crippen molar-refractivity contribution in [1.29, 1.82) is 0 Å². The lowest BCUT2D eigenvalue weighted by atomic mass is 9.71. The van der Waals surface area contributed by atoms with Crippen LogP contribution in [0.5, 0.6) is 0 Å². The maximum absolute atomic E-state index is 12.3. The van der Waals surface area contributed by atoms with Crippen molar-refractivity contribution < 1.29 is 4.79 Å². The predicted molar refractivity (Wildman–Crippen MR) is 69.4 cm³/mol. The van der Waals surface area contributed by atoms with Crippen molar-refractivity contribution in [2.24, 2.45) is 11.1 Å². The molecule has 0 aliphatic rings. The highest BCUT2D eigenvalue weighted by molar-refractivity contribution is 5.88. The van der Waals surface area contributed by atoms with Crippen LogP contribution in [-0.2, 0) is 11.2 Å². The lowest BCUT2D eigenvalue weighted by molar-refractivity contribution is -0.129. The van der Waals surface area contributed by atoms with Crippen molar-refractivity contribution in [1.82, 2.24) is 4.98 Å². The molecule has 1 aromatic heterocycles. The molecule has 0 saturated carbocycles. The molecule has 0 aliphatic heterocycles. The average Bonchev–Trinajstić information content (AvgIpc) is 2.19. The van der Waals surface area contributed by atoms with E-state index in [0.717, 1.165) is 5.56 Å². The van der Waals surface area contributed by atoms with E-state index in [4.69, 9.17) is 11.5 Å². The van der Waals surface area contributed by atoms with Crippen LogP contribution >= 0.6 is 0 Å². The molecule has 0 amide bonds. The molecule has 0 bridgehead atoms. The number of anilines is 1. The first-order valence-electron chi connectivity index (χ1n) is 5.67. The third-order valence-electron chi connectivity index (χ3n) is 3.60. The molecule has 0 saturated heterocycles. The van der Waals surface area contributed by atoms with Crippen LogP contribution in [0.1, 0.15) is 33.3 Å². The number of Topliss-reactive ketones (excluding diaryl/α,β-unsaturated/α-hetero) is 1. The molecule has 0 atom stereocenters. The molecule has 0 aromatic carbocycles. The number of ketones is 1. The topological polar surface area (TPSA) is 82.0 Å². The number of nitrogen functional groups attached to an aromatic ring is 1. The number of carbonyl (C=O) groups excluding carboxylic acids is 1. The van der Waals surface area contributed by atoms with Gasteiger partial charge in [-0.25, -0.2) is 0 Å². The van der Waals surface area contributed by atoms with E-state index in [2.05, 4.69) is 4.98 Å². The van der Waals surface area contributed by atoms with Gasteiger partial charge in [-0.15, -0.1) is 0 Å². The summed E-state index contributed by atoms with van der Waals surface area (Å²) in [6, 6.07) is 1.70. The molecule has 4 nitrogen and oxygen atoms in total. The van der Waals surface area contributed by atoms with E-state index in [9.17, 15) is 4.79 Å². The molecule has 4 N–H and O–H groups in total. The van der Waals surface area contributed by atoms with Gasteiger partial charge in [0.25, 0.3) is 0 Å². The largest absolute Gasteiger partial charge is 0.398 e. The molecule has 1 rings (SSSR count). The standard InChI is InChI=1S/C13H21N3O/c1-12(2,13(3,4)15)11(17)7-9-8-16-6-5-10(9)14/h5-6,8H,7,15H2,1-4H3,(H2,14,16). The summed E-state index contributed by atoms with van der Waals surface area (Å²) in [6.07, 6.45) is 3.52. The second-order valence-corrected chi connectivity index (χ2v) is 5.52. The summed E-state index contributed by atoms with van der Waals surface area (Å²) in [5, 5.41) is 0. The number of carbonyl (C=O) groups is 1. The molecule has 0 radical (unpaired) electrons. The zero-order valence-electron chi connectivity index (χ0n) is 10.9. The Hall–Kier alpha value is -1.42. The van der Waals surface area contributed by atoms with Crippen LogP contribution in [0.3, 0.4) is 0 Å². The van der Waals surface area contributed by atoms with Gasteiger partial charge < -0.3 is 11.5 Å². The molecule has 0 spiro atoms. The second kappa shape index (κ2) is 4.45. The van der Waals surface area contributed by atoms with Crippen LogP contribution in [0.4, 0.5) is 5.69 Å². The summed E-state index contributed by atoms with van der Waals surface area (Å²) in [6.45, 7) is 7.44. The van der Waals surface area contributed by atoms with Gasteiger partial charge in [-0.1, -0.05) is 13.8 Å². The van der Waals surface area contributed by atoms with Crippen LogP contribution in [0.25, 0.3) is 0 Å². The minimum Gasteiger partial charge on any atom is -0.398 e. The van der Waals surface area contributed by atoms with Crippen molar-refractivity contribution in [3.8, 4) is 0 Å². The molecule has 0 unspecified atom stereocenters. The van der Waals surface area contributed by atoms with E-state index in [1.165, 1.54) is 0 Å². The van der Waals surface area contributed by atoms with Gasteiger partial charge in [-0.2, -0.15) is 0 Å². The first kappa shape index (κ1) is 13.6. The molecule has 0 fully saturated rings. The predicted octanol–water partition coefficient (Wildman–Crippen LogP) is 1.54. The Labute approximate surface area is 102 Å². The normalized spacial score (nSPS) is 12.5. The number of rotatable bonds is 4. The monoisotopic (exact) mass is 235 g/mol. The summed E-state index contributed by atoms with van der Waals surface area (Å²) >= 11 is 0. The number of hydrogen-bond donors (Lipinski definition) is 2. The van der Waals surface area contributed by atoms with Crippen LogP contribution in [0.15, 0.2) is 18.5 Å². The van der Waals surface area contributed by atoms with E-state index in [-0.39, 0.29) is 12.2 Å². The van der Waals surface area contributed by atoms with E-state index < -0.39 is 11.0 Å². The Kier molecular flexibility index (Phi) is 3.57. The fourth-order valence-electron chi connectivity index (χ4n) is 1.34. The fraction of sp³-hybridized carbons (Fsp3) is 0.538. The first-order chi connectivity index (χ1) is 7.66. The van der Waals surface area contributed by atoms with Crippen LogP contribution in [-0.4, -0.2) is 16.3 Å². The van der Waals surface area contributed by atoms with Gasteiger partial charge in [0.1, 0.15) is 5.78 Å². The molecule has 1 aromatic rings. The highest BCUT2D eigenvalue weighted by Gasteiger charge is 2.39. The van der Waals surface area contributed by atoms with Gasteiger partial charge in [0.2, 0.25) is 0 Å². The Morgan fingerprint density at radius 1 is 1.35 bits per heavy atom. The van der Waals surface area contributed by atoms with Crippen LogP contribution < -0.4 is 11.5 Å². The Bertz CT molecular complexity index is 419. The highest BCUT2D eigenvalue weighted by atomic mass is 16.1. The first-order valence-corrected chi connectivity index (χ1v) is 5.67. The zero-order valence-corrected chi connectivity index (χ0v) is 10.9. The summed E-state index contributed by atoms with van der Waals surface area (Å²) < 4.78 is 0. The second-order valence-electron chi connectivity index (χ2n) is 5.52. The fourth-order valence-corrected chi connectivity index (χ4v) is 1.34. The molecule has 1 heterocycles. The molecular weight excluding hydrogens is 214 g/mol. The zero-order chi connectivity index (χ0) is 13.3. The number of nitrogens with zero attached hydrogens (tertiary/aromatic N) is 1. The SMILES string of the molecule is CC(C)(N)C(C)(C)C(=O)Cc1cnccc1N. The maximum Gasteiger partial charge on any atom is 0.144 e. The van der Waals surface area contributed by atoms with Gasteiger partial charge in [0.15, 0.2) is 0 Å². The smallest absolute Gasteiger partial charge is 0.144 e. The van der Waals surface area contributed by atoms with Gasteiger partial charge >= 0.3 is 0 Å². The number of nitrogens with two attached hydrogens (primary N) is 2. The minimum atomic E-state index is -0.602. The lowest BCUT2D eigenvalue weighted by Gasteiger charge is -2.37. The summed E-state index contributed by atoms with van der Waals surface area (Å²) in [4.78, 5) is 16.2. The third-order valence-corrected chi connectivity index (χ3v) is 3.60. The van der Waals surface area contributed by atoms with E-state index >= 15 is 0 Å². The molecule has 17 heavy (non-hydrogen) atoms. The lowest BCUT2D eigenvalue weighted by Crippen LogP contribution is -2.52. The number of pyridine rings is 1. The number of aromatic nitrogens is 1. The van der Waals surface area contributed by atoms with Crippen LogP contribution in [0.2, 0.25) is 0 Å². The molecule has 4 heteroatoms. The summed E-state index contributed by atoms with van der Waals surface area (Å²) in [5.74, 6) is 0.0738. The molecule has 94 valence electrons. The Balaban J connectivity index is 2.91. The van der Waals surface area contributed by atoms with Crippen molar-refractivity contribution in [2.45, 2.75) is 39.7 Å². The van der Waals surface area contributed by atoms with E-state index in [0.29, 0.717) is 5.69 Å². The summed E-state index contributed by atoms with van der Waals surface area (Å²) in [5.41, 5.74) is 12.0. The average molecular weight is 235 g/mol. The minimum absolute atomic E-state index is 0.0738. The molecular formula is C13H21N3O. The van der Waals surface area contributed by atoms with Gasteiger partial charge in [0.05, 0.1) is 0 Å². The van der Waals surface area contributed by atoms with Gasteiger partial charge in [0, 0.05) is 41.0 Å². The Morgan fingerprint density at radius 3 is 2.41 bits per heavy atom. The van der Waals surface area contributed by atoms with Gasteiger partial charge in [-0.05, 0) is 19.9 Å². The van der Waals surface area contributed by atoms with Gasteiger partial charge in [-0.3, -0.25) is 9.78 Å². The quantitative estimate of drug-likeness (QED) is 0.829. The van der Waals surface area contributed by atoms with E-state index in [1.807, 2.05) is 27.7 Å². The number of hydrogen-bond acceptors (Lipinski definition) is 4. The Morgan fingerprint density at radius 2 is 1.94 bits per heavy atom. The van der Waals surface area contributed by atoms with Crippen molar-refractivity contribution in [3.05, 3.63) is 24.0 Å². The van der Waals surface area contributed by atoms with Crippen molar-refractivity contribution >= 4 is 11.5 Å². The maximum atomic E-state index is 12.3. The van der Waals surface area contributed by atoms with Crippen LogP contribution in [0, 0.1) is 5.41 Å². The van der Waals surface area contributed by atoms with Crippen molar-refractivity contribution in [3.63, 3.8) is 0 Å². The summed E-state index contributed by atoms with van der Waals surface area (Å²) in [7, 11) is 0. The molecule has 0 aliphatic carbocycles.